The highest BCUT2D eigenvalue weighted by atomic mass is 32.1. The van der Waals surface area contributed by atoms with E-state index in [0.29, 0.717) is 23.7 Å². The summed E-state index contributed by atoms with van der Waals surface area (Å²) in [6.45, 7) is 3.31. The van der Waals surface area contributed by atoms with E-state index in [0.717, 1.165) is 40.4 Å². The van der Waals surface area contributed by atoms with Gasteiger partial charge in [0.15, 0.2) is 5.13 Å². The maximum atomic E-state index is 12.8. The fourth-order valence-corrected chi connectivity index (χ4v) is 4.37. The van der Waals surface area contributed by atoms with Crippen molar-refractivity contribution in [3.8, 4) is 17.0 Å². The van der Waals surface area contributed by atoms with E-state index in [1.54, 1.807) is 13.2 Å². The lowest BCUT2D eigenvalue weighted by molar-refractivity contribution is -0.128. The van der Waals surface area contributed by atoms with Gasteiger partial charge in [0.25, 0.3) is 5.91 Å². The molecule has 2 heterocycles. The Morgan fingerprint density at radius 1 is 1.23 bits per heavy atom. The Morgan fingerprint density at radius 3 is 2.73 bits per heavy atom. The number of methoxy groups -OCH3 is 1. The van der Waals surface area contributed by atoms with Gasteiger partial charge in [0, 0.05) is 35.5 Å². The molecule has 0 atom stereocenters. The molecule has 1 aliphatic heterocycles. The summed E-state index contributed by atoms with van der Waals surface area (Å²) < 4.78 is 5.20. The number of nitrogens with zero attached hydrogens (tertiary/aromatic N) is 2. The SMILES string of the molecule is COc1ccc(-c2nc(NC(=O)c3cccc(CN4CCCC4=O)c3)sc2C)cc1. The van der Waals surface area contributed by atoms with Crippen LogP contribution in [0, 0.1) is 6.92 Å². The Balaban J connectivity index is 1.47. The van der Waals surface area contributed by atoms with Crippen LogP contribution in [0.3, 0.4) is 0 Å². The molecule has 0 bridgehead atoms. The number of aryl methyl sites for hydroxylation is 1. The van der Waals surface area contributed by atoms with E-state index < -0.39 is 0 Å². The number of hydrogen-bond donors (Lipinski definition) is 1. The highest BCUT2D eigenvalue weighted by molar-refractivity contribution is 7.16. The quantitative estimate of drug-likeness (QED) is 0.636. The van der Waals surface area contributed by atoms with Gasteiger partial charge in [-0.25, -0.2) is 4.98 Å². The maximum absolute atomic E-state index is 12.8. The fourth-order valence-electron chi connectivity index (χ4n) is 3.54. The number of aromatic nitrogens is 1. The number of thiazole rings is 1. The zero-order chi connectivity index (χ0) is 21.1. The number of carbonyl (C=O) groups excluding carboxylic acids is 2. The van der Waals surface area contributed by atoms with Gasteiger partial charge in [0.1, 0.15) is 5.75 Å². The second-order valence-electron chi connectivity index (χ2n) is 7.23. The molecule has 154 valence electrons. The molecule has 3 aromatic rings. The summed E-state index contributed by atoms with van der Waals surface area (Å²) in [5, 5.41) is 3.46. The van der Waals surface area contributed by atoms with Crippen LogP contribution in [-0.4, -0.2) is 35.4 Å². The number of hydrogen-bond acceptors (Lipinski definition) is 5. The van der Waals surface area contributed by atoms with E-state index in [2.05, 4.69) is 10.3 Å². The van der Waals surface area contributed by atoms with Gasteiger partial charge in [-0.3, -0.25) is 14.9 Å². The van der Waals surface area contributed by atoms with E-state index in [9.17, 15) is 9.59 Å². The van der Waals surface area contributed by atoms with Gasteiger partial charge >= 0.3 is 0 Å². The van der Waals surface area contributed by atoms with Crippen molar-refractivity contribution in [2.45, 2.75) is 26.3 Å². The minimum Gasteiger partial charge on any atom is -0.497 e. The van der Waals surface area contributed by atoms with Gasteiger partial charge in [-0.1, -0.05) is 12.1 Å². The Labute approximate surface area is 179 Å². The van der Waals surface area contributed by atoms with Crippen molar-refractivity contribution < 1.29 is 14.3 Å². The first kappa shape index (κ1) is 20.1. The molecule has 0 spiro atoms. The molecule has 0 saturated carbocycles. The lowest BCUT2D eigenvalue weighted by Crippen LogP contribution is -2.24. The number of rotatable bonds is 6. The molecule has 1 aliphatic rings. The van der Waals surface area contributed by atoms with Crippen LogP contribution in [0.15, 0.2) is 48.5 Å². The molecule has 2 aromatic carbocycles. The second-order valence-corrected chi connectivity index (χ2v) is 8.43. The smallest absolute Gasteiger partial charge is 0.257 e. The summed E-state index contributed by atoms with van der Waals surface area (Å²) in [5.41, 5.74) is 3.33. The molecule has 1 saturated heterocycles. The summed E-state index contributed by atoms with van der Waals surface area (Å²) >= 11 is 1.45. The van der Waals surface area contributed by atoms with Crippen molar-refractivity contribution in [2.24, 2.45) is 0 Å². The Morgan fingerprint density at radius 2 is 2.03 bits per heavy atom. The predicted octanol–water partition coefficient (Wildman–Crippen LogP) is 4.50. The molecule has 1 fully saturated rings. The third-order valence-corrected chi connectivity index (χ3v) is 6.00. The highest BCUT2D eigenvalue weighted by Crippen LogP contribution is 2.31. The zero-order valence-electron chi connectivity index (χ0n) is 17.0. The van der Waals surface area contributed by atoms with Crippen molar-refractivity contribution in [1.29, 1.82) is 0 Å². The molecule has 0 radical (unpaired) electrons. The summed E-state index contributed by atoms with van der Waals surface area (Å²) in [6.07, 6.45) is 1.51. The van der Waals surface area contributed by atoms with Crippen LogP contribution in [0.4, 0.5) is 5.13 Å². The fraction of sp³-hybridized carbons (Fsp3) is 0.261. The van der Waals surface area contributed by atoms with E-state index in [1.807, 2.05) is 54.3 Å². The van der Waals surface area contributed by atoms with Crippen LogP contribution in [0.5, 0.6) is 5.75 Å². The zero-order valence-corrected chi connectivity index (χ0v) is 17.8. The molecule has 0 unspecified atom stereocenters. The number of anilines is 1. The van der Waals surface area contributed by atoms with E-state index in [-0.39, 0.29) is 11.8 Å². The molecule has 6 nitrogen and oxygen atoms in total. The number of carbonyl (C=O) groups is 2. The second kappa shape index (κ2) is 8.67. The van der Waals surface area contributed by atoms with Crippen LogP contribution < -0.4 is 10.1 Å². The first-order valence-electron chi connectivity index (χ1n) is 9.83. The topological polar surface area (TPSA) is 71.5 Å². The van der Waals surface area contributed by atoms with Gasteiger partial charge in [0.2, 0.25) is 5.91 Å². The molecule has 30 heavy (non-hydrogen) atoms. The van der Waals surface area contributed by atoms with E-state index in [1.165, 1.54) is 11.3 Å². The molecule has 7 heteroatoms. The molecule has 4 rings (SSSR count). The third-order valence-electron chi connectivity index (χ3n) is 5.11. The Bertz CT molecular complexity index is 1080. The molecule has 1 N–H and O–H groups in total. The minimum atomic E-state index is -0.209. The Hall–Kier alpha value is -3.19. The summed E-state index contributed by atoms with van der Waals surface area (Å²) in [4.78, 5) is 32.1. The molecular formula is C23H23N3O3S. The van der Waals surface area contributed by atoms with Gasteiger partial charge in [-0.05, 0) is 55.3 Å². The molecule has 2 amide bonds. The number of likely N-dealkylation sites (tertiary alicyclic amines) is 1. The van der Waals surface area contributed by atoms with Crippen LogP contribution >= 0.6 is 11.3 Å². The van der Waals surface area contributed by atoms with Crippen LogP contribution in [0.1, 0.15) is 33.6 Å². The maximum Gasteiger partial charge on any atom is 0.257 e. The van der Waals surface area contributed by atoms with Crippen molar-refractivity contribution in [3.05, 3.63) is 64.5 Å². The van der Waals surface area contributed by atoms with Crippen molar-refractivity contribution >= 4 is 28.3 Å². The van der Waals surface area contributed by atoms with Crippen LogP contribution in [-0.2, 0) is 11.3 Å². The van der Waals surface area contributed by atoms with Gasteiger partial charge in [0.05, 0.1) is 12.8 Å². The largest absolute Gasteiger partial charge is 0.497 e. The van der Waals surface area contributed by atoms with E-state index >= 15 is 0 Å². The summed E-state index contributed by atoms with van der Waals surface area (Å²) in [6, 6.07) is 15.1. The summed E-state index contributed by atoms with van der Waals surface area (Å²) in [5.74, 6) is 0.754. The highest BCUT2D eigenvalue weighted by Gasteiger charge is 2.20. The molecule has 1 aromatic heterocycles. The third kappa shape index (κ3) is 4.36. The lowest BCUT2D eigenvalue weighted by Gasteiger charge is -2.15. The lowest BCUT2D eigenvalue weighted by atomic mass is 10.1. The molecule has 0 aliphatic carbocycles. The van der Waals surface area contributed by atoms with Crippen LogP contribution in [0.25, 0.3) is 11.3 Å². The van der Waals surface area contributed by atoms with Gasteiger partial charge in [-0.2, -0.15) is 0 Å². The van der Waals surface area contributed by atoms with Crippen molar-refractivity contribution in [2.75, 3.05) is 19.0 Å². The Kier molecular flexibility index (Phi) is 5.81. The number of nitrogens with one attached hydrogen (secondary N) is 1. The first-order chi connectivity index (χ1) is 14.5. The number of ether oxygens (including phenoxy) is 1. The first-order valence-corrected chi connectivity index (χ1v) is 10.6. The summed E-state index contributed by atoms with van der Waals surface area (Å²) in [7, 11) is 1.63. The molecular weight excluding hydrogens is 398 g/mol. The monoisotopic (exact) mass is 421 g/mol. The average Bonchev–Trinajstić information content (AvgIpc) is 3.33. The predicted molar refractivity (Wildman–Crippen MR) is 118 cm³/mol. The van der Waals surface area contributed by atoms with Crippen molar-refractivity contribution in [1.82, 2.24) is 9.88 Å². The van der Waals surface area contributed by atoms with E-state index in [4.69, 9.17) is 4.74 Å². The number of benzene rings is 2. The minimum absolute atomic E-state index is 0.175. The number of amides is 2. The van der Waals surface area contributed by atoms with Gasteiger partial charge < -0.3 is 9.64 Å². The normalized spacial score (nSPS) is 13.5. The standard InChI is InChI=1S/C23H23N3O3S/c1-15-21(17-8-10-19(29-2)11-9-17)24-23(30-15)25-22(28)18-6-3-5-16(13-18)14-26-12-4-7-20(26)27/h3,5-6,8-11,13H,4,7,12,14H2,1-2H3,(H,24,25,28). The van der Waals surface area contributed by atoms with Crippen molar-refractivity contribution in [3.63, 3.8) is 0 Å². The van der Waals surface area contributed by atoms with Gasteiger partial charge in [-0.15, -0.1) is 11.3 Å². The average molecular weight is 422 g/mol. The van der Waals surface area contributed by atoms with Crippen LogP contribution in [0.2, 0.25) is 0 Å².